The molecule has 0 saturated heterocycles. The van der Waals surface area contributed by atoms with Gasteiger partial charge in [0, 0.05) is 11.1 Å². The lowest BCUT2D eigenvalue weighted by Crippen LogP contribution is -2.17. The van der Waals surface area contributed by atoms with E-state index in [2.05, 4.69) is 176 Å². The van der Waals surface area contributed by atoms with E-state index in [0.717, 1.165) is 44.5 Å². The van der Waals surface area contributed by atoms with Gasteiger partial charge in [-0.3, -0.25) is 0 Å². The highest BCUT2D eigenvalue weighted by Crippen LogP contribution is 2.54. The Labute approximate surface area is 363 Å². The zero-order valence-electron chi connectivity index (χ0n) is 38.7. The molecule has 9 nitrogen and oxygen atoms in total. The van der Waals surface area contributed by atoms with Gasteiger partial charge in [0.25, 0.3) is 0 Å². The largest absolute Gasteiger partial charge is 0.507 e. The van der Waals surface area contributed by atoms with Crippen LogP contribution in [-0.4, -0.2) is 29.8 Å². The van der Waals surface area contributed by atoms with E-state index in [9.17, 15) is 19.3 Å². The first-order valence-electron chi connectivity index (χ1n) is 20.4. The summed E-state index contributed by atoms with van der Waals surface area (Å²) in [7, 11) is -10.1. The van der Waals surface area contributed by atoms with Crippen molar-refractivity contribution in [2.75, 3.05) is 0 Å². The van der Waals surface area contributed by atoms with E-state index < -0.39 is 15.6 Å². The number of phenols is 2. The molecule has 0 spiro atoms. The molecule has 0 atom stereocenters. The van der Waals surface area contributed by atoms with E-state index >= 15 is 0 Å². The predicted octanol–water partition coefficient (Wildman–Crippen LogP) is 13.4. The molecule has 0 aliphatic carbocycles. The predicted molar refractivity (Wildman–Crippen MR) is 250 cm³/mol. The molecule has 0 unspecified atom stereocenters. The van der Waals surface area contributed by atoms with Crippen molar-refractivity contribution in [2.45, 2.75) is 132 Å². The Balaban J connectivity index is 0.000000816. The van der Waals surface area contributed by atoms with Gasteiger partial charge in [-0.2, -0.15) is 4.31 Å². The number of phosphoric acid groups is 2. The van der Waals surface area contributed by atoms with E-state index in [4.69, 9.17) is 19.6 Å². The smallest absolute Gasteiger partial charge is 0.478 e. The van der Waals surface area contributed by atoms with Crippen LogP contribution in [0.4, 0.5) is 0 Å². The summed E-state index contributed by atoms with van der Waals surface area (Å²) in [6.07, 6.45) is 0. The van der Waals surface area contributed by atoms with E-state index in [1.165, 1.54) is 33.4 Å². The molecule has 61 heavy (non-hydrogen) atoms. The first kappa shape index (κ1) is 49.6. The lowest BCUT2D eigenvalue weighted by atomic mass is 9.75. The third-order valence-corrected chi connectivity index (χ3v) is 12.9. The number of benzene rings is 5. The molecule has 0 aliphatic rings. The second-order valence-corrected chi connectivity index (χ2v) is 22.9. The van der Waals surface area contributed by atoms with E-state index in [0.29, 0.717) is 11.1 Å². The van der Waals surface area contributed by atoms with Crippen LogP contribution in [0.3, 0.4) is 0 Å². The molecule has 6 N–H and O–H groups in total. The normalized spacial score (nSPS) is 12.9. The Hall–Kier alpha value is -4.04. The second kappa shape index (κ2) is 17.3. The van der Waals surface area contributed by atoms with Crippen LogP contribution in [0.1, 0.15) is 128 Å². The topological polar surface area (TPSA) is 165 Å². The molecule has 5 aromatic carbocycles. The molecule has 0 bridgehead atoms. The average Bonchev–Trinajstić information content (AvgIpc) is 3.07. The minimum absolute atomic E-state index is 0.0286. The quantitative estimate of drug-likeness (QED) is 0.0719. The van der Waals surface area contributed by atoms with Crippen molar-refractivity contribution in [3.8, 4) is 56.0 Å². The van der Waals surface area contributed by atoms with Crippen molar-refractivity contribution < 1.29 is 43.2 Å². The van der Waals surface area contributed by atoms with Gasteiger partial charge in [0.1, 0.15) is 11.5 Å². The SMILES string of the molecule is Cc1ccc(-c2ccc(C(C)(C)C)cc2C(C)(C)C)c(C)c1-c1c(O)ccc(O)c1-c1c(C)ccc(-c2ccc(C(C)(C)C)cc2C(C)(C)C)c1C.O=P(O)(O)OP(=O)(O)O. The van der Waals surface area contributed by atoms with Crippen LogP contribution in [0.25, 0.3) is 44.5 Å². The summed E-state index contributed by atoms with van der Waals surface area (Å²) in [4.78, 5) is 31.0. The first-order chi connectivity index (χ1) is 27.5. The van der Waals surface area contributed by atoms with Crippen molar-refractivity contribution in [1.29, 1.82) is 0 Å². The van der Waals surface area contributed by atoms with Crippen molar-refractivity contribution in [2.24, 2.45) is 0 Å². The van der Waals surface area contributed by atoms with Gasteiger partial charge in [-0.05, 0) is 139 Å². The van der Waals surface area contributed by atoms with E-state index in [1.54, 1.807) is 12.1 Å². The Kier molecular flexibility index (Phi) is 14.0. The number of rotatable bonds is 6. The van der Waals surface area contributed by atoms with E-state index in [-0.39, 0.29) is 33.2 Å². The minimum Gasteiger partial charge on any atom is -0.507 e. The van der Waals surface area contributed by atoms with Gasteiger partial charge in [0.15, 0.2) is 0 Å². The van der Waals surface area contributed by atoms with Crippen LogP contribution >= 0.6 is 15.6 Å². The number of aromatic hydroxyl groups is 2. The molecule has 5 rings (SSSR count). The van der Waals surface area contributed by atoms with Crippen LogP contribution in [-0.2, 0) is 35.1 Å². The highest BCUT2D eigenvalue weighted by molar-refractivity contribution is 7.60. The summed E-state index contributed by atoms with van der Waals surface area (Å²) in [5.41, 5.74) is 17.3. The standard InChI is InChI=1S/C50H62O2.H4O7P2/c1-29-17-21-35(37-23-19-33(47(5,6)7)27-39(37)49(11,12)13)31(3)43(29)45-41(51)25-26-42(52)46(45)44-30(2)18-22-36(32(44)4)38-24-20-34(48(8,9)10)28-40(38)50(14,15)16;1-8(2,3)7-9(4,5)6/h17-28,51-52H,1-16H3;(H2,1,2,3)(H2,4,5,6). The molecule has 0 aromatic heterocycles. The molecular weight excluding hydrogens is 806 g/mol. The Morgan fingerprint density at radius 2 is 0.705 bits per heavy atom. The lowest BCUT2D eigenvalue weighted by molar-refractivity contribution is 0.225. The molecular formula is C50H66O9P2. The van der Waals surface area contributed by atoms with Crippen molar-refractivity contribution in [3.63, 3.8) is 0 Å². The maximum atomic E-state index is 11.9. The summed E-state index contributed by atoms with van der Waals surface area (Å²) < 4.78 is 22.2. The van der Waals surface area contributed by atoms with Crippen molar-refractivity contribution in [3.05, 3.63) is 117 Å². The summed E-state index contributed by atoms with van der Waals surface area (Å²) in [5, 5.41) is 23.7. The molecule has 0 fully saturated rings. The molecule has 0 heterocycles. The monoisotopic (exact) mass is 872 g/mol. The fraction of sp³-hybridized carbons (Fsp3) is 0.400. The second-order valence-electron chi connectivity index (χ2n) is 20.3. The summed E-state index contributed by atoms with van der Waals surface area (Å²) in [5.74, 6) is 0.314. The van der Waals surface area contributed by atoms with Crippen molar-refractivity contribution in [1.82, 2.24) is 0 Å². The summed E-state index contributed by atoms with van der Waals surface area (Å²) in [6.45, 7) is 35.8. The lowest BCUT2D eigenvalue weighted by Gasteiger charge is -2.29. The molecule has 11 heteroatoms. The Bertz CT molecular complexity index is 2370. The number of phenolic OH excluding ortho intramolecular Hbond substituents is 2. The zero-order chi connectivity index (χ0) is 46.6. The molecule has 0 saturated carbocycles. The highest BCUT2D eigenvalue weighted by atomic mass is 31.3. The van der Waals surface area contributed by atoms with Crippen LogP contribution in [0.5, 0.6) is 11.5 Å². The number of hydrogen-bond acceptors (Lipinski definition) is 5. The zero-order valence-corrected chi connectivity index (χ0v) is 40.5. The van der Waals surface area contributed by atoms with Crippen LogP contribution < -0.4 is 0 Å². The van der Waals surface area contributed by atoms with Gasteiger partial charge in [-0.15, -0.1) is 0 Å². The van der Waals surface area contributed by atoms with Gasteiger partial charge >= 0.3 is 15.6 Å². The third kappa shape index (κ3) is 11.5. The van der Waals surface area contributed by atoms with Crippen LogP contribution in [0.15, 0.2) is 72.8 Å². The molecule has 5 aromatic rings. The average molecular weight is 873 g/mol. The fourth-order valence-corrected chi connectivity index (χ4v) is 9.11. The molecule has 0 aliphatic heterocycles. The Morgan fingerprint density at radius 3 is 0.951 bits per heavy atom. The fourth-order valence-electron chi connectivity index (χ4n) is 8.00. The minimum atomic E-state index is -5.05. The van der Waals surface area contributed by atoms with Gasteiger partial charge < -0.3 is 29.8 Å². The number of hydrogen-bond donors (Lipinski definition) is 6. The first-order valence-corrected chi connectivity index (χ1v) is 23.5. The number of aryl methyl sites for hydroxylation is 2. The highest BCUT2D eigenvalue weighted by Gasteiger charge is 2.30. The van der Waals surface area contributed by atoms with Crippen LogP contribution in [0.2, 0.25) is 0 Å². The maximum absolute atomic E-state index is 11.9. The Morgan fingerprint density at radius 1 is 0.410 bits per heavy atom. The van der Waals surface area contributed by atoms with Gasteiger partial charge in [0.2, 0.25) is 0 Å². The third-order valence-electron chi connectivity index (χ3n) is 11.2. The maximum Gasteiger partial charge on any atom is 0.478 e. The summed E-state index contributed by atoms with van der Waals surface area (Å²) >= 11 is 0. The van der Waals surface area contributed by atoms with Gasteiger partial charge in [0.05, 0.1) is 0 Å². The van der Waals surface area contributed by atoms with Crippen LogP contribution in [0, 0.1) is 27.7 Å². The molecule has 330 valence electrons. The van der Waals surface area contributed by atoms with Gasteiger partial charge in [-0.25, -0.2) is 9.13 Å². The summed E-state index contributed by atoms with van der Waals surface area (Å²) in [6, 6.07) is 25.9. The molecule has 0 amide bonds. The van der Waals surface area contributed by atoms with E-state index in [1.807, 2.05) is 0 Å². The molecule has 0 radical (unpaired) electrons. The van der Waals surface area contributed by atoms with Gasteiger partial charge in [-0.1, -0.05) is 144 Å². The van der Waals surface area contributed by atoms with Crippen molar-refractivity contribution >= 4 is 15.6 Å².